The van der Waals surface area contributed by atoms with Crippen molar-refractivity contribution in [3.05, 3.63) is 27.7 Å². The first-order valence-electron chi connectivity index (χ1n) is 6.51. The molecule has 1 aromatic carbocycles. The summed E-state index contributed by atoms with van der Waals surface area (Å²) in [5, 5.41) is 0.496. The molecule has 0 aromatic heterocycles. The average molecular weight is 382 g/mol. The van der Waals surface area contributed by atoms with E-state index in [1.165, 1.54) is 10.4 Å². The van der Waals surface area contributed by atoms with E-state index in [0.29, 0.717) is 35.0 Å². The lowest BCUT2D eigenvalue weighted by atomic mass is 9.88. The van der Waals surface area contributed by atoms with E-state index >= 15 is 0 Å². The molecule has 1 aliphatic heterocycles. The highest BCUT2D eigenvalue weighted by atomic mass is 79.9. The van der Waals surface area contributed by atoms with Crippen LogP contribution in [0, 0.1) is 11.8 Å². The Morgan fingerprint density at radius 1 is 1.50 bits per heavy atom. The molecule has 1 heterocycles. The van der Waals surface area contributed by atoms with E-state index in [0.717, 1.165) is 6.42 Å². The lowest BCUT2D eigenvalue weighted by molar-refractivity contribution is 0.203. The van der Waals surface area contributed by atoms with Crippen LogP contribution >= 0.6 is 27.5 Å². The smallest absolute Gasteiger partial charge is 0.243 e. The fraction of sp³-hybridized carbons (Fsp3) is 0.538. The maximum Gasteiger partial charge on any atom is 0.243 e. The normalized spacial score (nSPS) is 24.8. The fourth-order valence-electron chi connectivity index (χ4n) is 2.43. The molecule has 7 heteroatoms. The molecule has 1 saturated heterocycles. The van der Waals surface area contributed by atoms with E-state index in [-0.39, 0.29) is 10.8 Å². The van der Waals surface area contributed by atoms with Gasteiger partial charge in [-0.15, -0.1) is 0 Å². The summed E-state index contributed by atoms with van der Waals surface area (Å²) in [7, 11) is -3.48. The van der Waals surface area contributed by atoms with Gasteiger partial charge in [0.2, 0.25) is 10.0 Å². The Labute approximate surface area is 133 Å². The van der Waals surface area contributed by atoms with Gasteiger partial charge < -0.3 is 5.73 Å². The summed E-state index contributed by atoms with van der Waals surface area (Å²) >= 11 is 9.17. The molecule has 0 radical (unpaired) electrons. The van der Waals surface area contributed by atoms with Crippen LogP contribution in [-0.4, -0.2) is 32.4 Å². The van der Waals surface area contributed by atoms with Crippen LogP contribution in [0.25, 0.3) is 0 Å². The second kappa shape index (κ2) is 6.32. The van der Waals surface area contributed by atoms with Gasteiger partial charge in [-0.2, -0.15) is 4.31 Å². The van der Waals surface area contributed by atoms with Crippen LogP contribution in [0.5, 0.6) is 0 Å². The molecule has 112 valence electrons. The first-order valence-corrected chi connectivity index (χ1v) is 9.12. The highest BCUT2D eigenvalue weighted by Crippen LogP contribution is 2.30. The number of benzene rings is 1. The van der Waals surface area contributed by atoms with Gasteiger partial charge in [0, 0.05) is 17.6 Å². The Kier molecular flexibility index (Phi) is 5.13. The number of piperidine rings is 1. The summed E-state index contributed by atoms with van der Waals surface area (Å²) in [6, 6.07) is 4.68. The fourth-order valence-corrected chi connectivity index (χ4v) is 4.61. The predicted octanol–water partition coefficient (Wildman–Crippen LogP) is 2.71. The zero-order chi connectivity index (χ0) is 14.9. The molecule has 1 fully saturated rings. The number of nitrogens with zero attached hydrogens (tertiary/aromatic N) is 1. The number of hydrogen-bond acceptors (Lipinski definition) is 3. The maximum absolute atomic E-state index is 12.6. The van der Waals surface area contributed by atoms with Crippen LogP contribution in [0.1, 0.15) is 13.3 Å². The van der Waals surface area contributed by atoms with Gasteiger partial charge in [-0.1, -0.05) is 18.5 Å². The van der Waals surface area contributed by atoms with Gasteiger partial charge in [-0.3, -0.25) is 0 Å². The zero-order valence-electron chi connectivity index (χ0n) is 11.2. The van der Waals surface area contributed by atoms with Crippen molar-refractivity contribution in [1.29, 1.82) is 0 Å². The number of nitrogens with two attached hydrogens (primary N) is 1. The van der Waals surface area contributed by atoms with Crippen molar-refractivity contribution in [1.82, 2.24) is 4.31 Å². The van der Waals surface area contributed by atoms with Crippen molar-refractivity contribution in [3.8, 4) is 0 Å². The Morgan fingerprint density at radius 3 is 2.80 bits per heavy atom. The lowest BCUT2D eigenvalue weighted by Crippen LogP contribution is -2.45. The Balaban J connectivity index is 2.28. The summed E-state index contributed by atoms with van der Waals surface area (Å²) < 4.78 is 27.4. The Morgan fingerprint density at radius 2 is 2.20 bits per heavy atom. The van der Waals surface area contributed by atoms with Crippen molar-refractivity contribution in [3.63, 3.8) is 0 Å². The molecule has 0 bridgehead atoms. The molecule has 1 aromatic rings. The zero-order valence-corrected chi connectivity index (χ0v) is 14.4. The summed E-state index contributed by atoms with van der Waals surface area (Å²) in [5.74, 6) is 0.678. The van der Waals surface area contributed by atoms with E-state index in [1.54, 1.807) is 12.1 Å². The van der Waals surface area contributed by atoms with E-state index in [9.17, 15) is 8.42 Å². The lowest BCUT2D eigenvalue weighted by Gasteiger charge is -2.35. The molecular weight excluding hydrogens is 364 g/mol. The van der Waals surface area contributed by atoms with Crippen LogP contribution in [0.15, 0.2) is 27.6 Å². The van der Waals surface area contributed by atoms with E-state index in [4.69, 9.17) is 17.3 Å². The number of rotatable bonds is 3. The van der Waals surface area contributed by atoms with Crippen molar-refractivity contribution < 1.29 is 8.42 Å². The van der Waals surface area contributed by atoms with Crippen LogP contribution in [-0.2, 0) is 10.0 Å². The molecule has 2 unspecified atom stereocenters. The molecule has 0 amide bonds. The maximum atomic E-state index is 12.6. The third-order valence-electron chi connectivity index (χ3n) is 3.91. The van der Waals surface area contributed by atoms with Gasteiger partial charge in [0.05, 0.1) is 9.92 Å². The third-order valence-corrected chi connectivity index (χ3v) is 6.98. The first-order chi connectivity index (χ1) is 9.36. The van der Waals surface area contributed by atoms with Gasteiger partial charge in [0.15, 0.2) is 0 Å². The standard InChI is InChI=1S/C13H18BrClN2O2S/c1-9-4-5-17(8-10(9)7-16)20(18,19)11-2-3-13(15)12(14)6-11/h2-3,6,9-10H,4-5,7-8,16H2,1H3. The van der Waals surface area contributed by atoms with Crippen molar-refractivity contribution in [2.24, 2.45) is 17.6 Å². The molecule has 20 heavy (non-hydrogen) atoms. The van der Waals surface area contributed by atoms with Crippen LogP contribution < -0.4 is 5.73 Å². The summed E-state index contributed by atoms with van der Waals surface area (Å²) in [6.07, 6.45) is 0.843. The minimum absolute atomic E-state index is 0.217. The second-order valence-corrected chi connectivity index (χ2v) is 8.40. The Bertz CT molecular complexity index is 594. The minimum atomic E-state index is -3.48. The molecule has 0 saturated carbocycles. The van der Waals surface area contributed by atoms with E-state index in [2.05, 4.69) is 22.9 Å². The largest absolute Gasteiger partial charge is 0.330 e. The predicted molar refractivity (Wildman–Crippen MR) is 84.2 cm³/mol. The molecule has 1 aliphatic rings. The summed E-state index contributed by atoms with van der Waals surface area (Å²) in [4.78, 5) is 0.263. The van der Waals surface area contributed by atoms with Gasteiger partial charge in [0.25, 0.3) is 0 Å². The van der Waals surface area contributed by atoms with Gasteiger partial charge in [-0.25, -0.2) is 8.42 Å². The molecule has 2 N–H and O–H groups in total. The molecule has 0 aliphatic carbocycles. The quantitative estimate of drug-likeness (QED) is 0.875. The number of sulfonamides is 1. The molecule has 2 atom stereocenters. The van der Waals surface area contributed by atoms with Gasteiger partial charge in [0.1, 0.15) is 0 Å². The topological polar surface area (TPSA) is 63.4 Å². The molecule has 0 spiro atoms. The molecular formula is C13H18BrClN2O2S. The molecule has 2 rings (SSSR count). The second-order valence-electron chi connectivity index (χ2n) is 5.20. The number of hydrogen-bond donors (Lipinski definition) is 1. The minimum Gasteiger partial charge on any atom is -0.330 e. The van der Waals surface area contributed by atoms with Crippen LogP contribution in [0.4, 0.5) is 0 Å². The monoisotopic (exact) mass is 380 g/mol. The highest BCUT2D eigenvalue weighted by Gasteiger charge is 2.33. The van der Waals surface area contributed by atoms with Gasteiger partial charge in [-0.05, 0) is 58.9 Å². The first kappa shape index (κ1) is 16.2. The average Bonchev–Trinajstić information content (AvgIpc) is 2.42. The highest BCUT2D eigenvalue weighted by molar-refractivity contribution is 9.10. The van der Waals surface area contributed by atoms with Crippen LogP contribution in [0.2, 0.25) is 5.02 Å². The van der Waals surface area contributed by atoms with Gasteiger partial charge >= 0.3 is 0 Å². The Hall–Kier alpha value is -0.140. The summed E-state index contributed by atoms with van der Waals surface area (Å²) in [6.45, 7) is 3.67. The number of halogens is 2. The molecule has 4 nitrogen and oxygen atoms in total. The summed E-state index contributed by atoms with van der Waals surface area (Å²) in [5.41, 5.74) is 5.74. The van der Waals surface area contributed by atoms with Crippen molar-refractivity contribution >= 4 is 37.6 Å². The van der Waals surface area contributed by atoms with Crippen molar-refractivity contribution in [2.75, 3.05) is 19.6 Å². The van der Waals surface area contributed by atoms with Crippen LogP contribution in [0.3, 0.4) is 0 Å². The SMILES string of the molecule is CC1CCN(S(=O)(=O)c2ccc(Cl)c(Br)c2)CC1CN. The van der Waals surface area contributed by atoms with Crippen molar-refractivity contribution in [2.45, 2.75) is 18.2 Å². The van der Waals surface area contributed by atoms with E-state index in [1.807, 2.05) is 0 Å². The van der Waals surface area contributed by atoms with E-state index < -0.39 is 10.0 Å². The third kappa shape index (κ3) is 3.20.